The number of nitrogens with zero attached hydrogens (tertiary/aromatic N) is 2. The molecule has 0 fully saturated rings. The Hall–Kier alpha value is -4.57. The average molecular weight is 611 g/mol. The summed E-state index contributed by atoms with van der Waals surface area (Å²) < 4.78 is 28.5. The largest absolute Gasteiger partial charge is 0.308 e. The van der Waals surface area contributed by atoms with Gasteiger partial charge in [0.15, 0.2) is 7.14 Å². The average Bonchev–Trinajstić information content (AvgIpc) is 3.09. The van der Waals surface area contributed by atoms with Crippen LogP contribution in [0.15, 0.2) is 162 Å². The minimum atomic E-state index is -3.20. The summed E-state index contributed by atoms with van der Waals surface area (Å²) in [5.41, 5.74) is 5.39. The normalized spacial score (nSPS) is 14.4. The van der Waals surface area contributed by atoms with E-state index in [-0.39, 0.29) is 5.41 Å². The SMILES string of the molecule is CC1(C)c2ccccc2N(c2ccc(P(=O)(c3ccccc3)c3ccccc3)nc2)c2ccc(S(=O)c3ccccc3)cc21. The summed E-state index contributed by atoms with van der Waals surface area (Å²) in [5.74, 6) is 0. The Kier molecular flexibility index (Phi) is 7.16. The van der Waals surface area contributed by atoms with Crippen molar-refractivity contribution < 1.29 is 8.77 Å². The van der Waals surface area contributed by atoms with E-state index in [2.05, 4.69) is 49.1 Å². The summed E-state index contributed by atoms with van der Waals surface area (Å²) in [5, 5.41) is 1.50. The fourth-order valence-electron chi connectivity index (χ4n) is 6.14. The van der Waals surface area contributed by atoms with Crippen molar-refractivity contribution in [2.45, 2.75) is 29.1 Å². The van der Waals surface area contributed by atoms with Crippen molar-refractivity contribution in [2.24, 2.45) is 0 Å². The topological polar surface area (TPSA) is 50.3 Å². The first-order valence-electron chi connectivity index (χ1n) is 14.6. The van der Waals surface area contributed by atoms with Crippen LogP contribution in [0.2, 0.25) is 0 Å². The van der Waals surface area contributed by atoms with Crippen LogP contribution in [0.3, 0.4) is 0 Å². The quantitative estimate of drug-likeness (QED) is 0.179. The van der Waals surface area contributed by atoms with Crippen LogP contribution in [0.1, 0.15) is 25.0 Å². The van der Waals surface area contributed by atoms with E-state index in [9.17, 15) is 8.77 Å². The van der Waals surface area contributed by atoms with Gasteiger partial charge in [-0.25, -0.2) is 4.21 Å². The molecule has 0 spiro atoms. The molecule has 5 aromatic carbocycles. The molecule has 4 nitrogen and oxygen atoms in total. The van der Waals surface area contributed by atoms with Crippen molar-refractivity contribution in [1.29, 1.82) is 0 Å². The van der Waals surface area contributed by atoms with Crippen LogP contribution in [-0.2, 0) is 20.8 Å². The zero-order chi connectivity index (χ0) is 30.3. The summed E-state index contributed by atoms with van der Waals surface area (Å²) in [6.07, 6.45) is 1.82. The molecule has 7 rings (SSSR count). The first-order valence-corrected chi connectivity index (χ1v) is 17.4. The van der Waals surface area contributed by atoms with Gasteiger partial charge in [0, 0.05) is 25.8 Å². The summed E-state index contributed by atoms with van der Waals surface area (Å²) in [7, 11) is -4.50. The van der Waals surface area contributed by atoms with Crippen LogP contribution in [0.5, 0.6) is 0 Å². The Morgan fingerprint density at radius 2 is 1.18 bits per heavy atom. The number of rotatable bonds is 6. The van der Waals surface area contributed by atoms with Gasteiger partial charge in [-0.05, 0) is 59.7 Å². The van der Waals surface area contributed by atoms with E-state index in [4.69, 9.17) is 4.98 Å². The number of benzene rings is 5. The van der Waals surface area contributed by atoms with Crippen LogP contribution in [0.25, 0.3) is 0 Å². The van der Waals surface area contributed by atoms with Crippen molar-refractivity contribution in [3.8, 4) is 0 Å². The number of hydrogen-bond acceptors (Lipinski definition) is 4. The van der Waals surface area contributed by atoms with Gasteiger partial charge < -0.3 is 9.46 Å². The van der Waals surface area contributed by atoms with Crippen LogP contribution in [0, 0.1) is 0 Å². The molecule has 0 amide bonds. The van der Waals surface area contributed by atoms with Crippen LogP contribution in [-0.4, -0.2) is 9.19 Å². The van der Waals surface area contributed by atoms with E-state index in [1.807, 2.05) is 121 Å². The van der Waals surface area contributed by atoms with Gasteiger partial charge in [0.05, 0.1) is 34.1 Å². The van der Waals surface area contributed by atoms with Crippen molar-refractivity contribution in [2.75, 3.05) is 4.90 Å². The standard InChI is InChI=1S/C38H31N2O2PS/c1-38(2)33-20-12-13-21-35(33)40(36-24-23-32(26-34(36)38)44(42)31-18-10-5-11-19-31)28-22-25-37(39-27-28)43(41,29-14-6-3-7-15-29)30-16-8-4-9-17-30/h3-27H,1-2H3. The first-order chi connectivity index (χ1) is 21.4. The lowest BCUT2D eigenvalue weighted by atomic mass is 9.73. The Morgan fingerprint density at radius 1 is 0.614 bits per heavy atom. The number of pyridine rings is 1. The second-order valence-corrected chi connectivity index (χ2v) is 15.6. The second kappa shape index (κ2) is 11.2. The van der Waals surface area contributed by atoms with E-state index < -0.39 is 17.9 Å². The third-order valence-corrected chi connectivity index (χ3v) is 12.8. The Bertz CT molecular complexity index is 1990. The third-order valence-electron chi connectivity index (χ3n) is 8.42. The molecule has 0 aliphatic carbocycles. The lowest BCUT2D eigenvalue weighted by molar-refractivity contribution is 0.592. The molecule has 6 aromatic rings. The van der Waals surface area contributed by atoms with E-state index in [0.717, 1.165) is 43.0 Å². The number of fused-ring (bicyclic) bond motifs is 2. The van der Waals surface area contributed by atoms with E-state index in [0.29, 0.717) is 5.44 Å². The van der Waals surface area contributed by atoms with Crippen LogP contribution >= 0.6 is 7.14 Å². The van der Waals surface area contributed by atoms with Gasteiger partial charge >= 0.3 is 0 Å². The van der Waals surface area contributed by atoms with Crippen molar-refractivity contribution in [3.63, 3.8) is 0 Å². The van der Waals surface area contributed by atoms with Gasteiger partial charge in [-0.2, -0.15) is 0 Å². The van der Waals surface area contributed by atoms with E-state index in [1.165, 1.54) is 5.56 Å². The van der Waals surface area contributed by atoms with E-state index in [1.54, 1.807) is 0 Å². The summed E-state index contributed by atoms with van der Waals surface area (Å²) in [6.45, 7) is 4.43. The molecule has 1 unspecified atom stereocenters. The lowest BCUT2D eigenvalue weighted by Crippen LogP contribution is -2.31. The zero-order valence-electron chi connectivity index (χ0n) is 24.5. The minimum Gasteiger partial charge on any atom is -0.308 e. The highest BCUT2D eigenvalue weighted by Crippen LogP contribution is 2.52. The minimum absolute atomic E-state index is 0.330. The molecular weight excluding hydrogens is 579 g/mol. The van der Waals surface area contributed by atoms with Crippen molar-refractivity contribution in [3.05, 3.63) is 163 Å². The highest BCUT2D eigenvalue weighted by atomic mass is 32.2. The van der Waals surface area contributed by atoms with Gasteiger partial charge in [0.2, 0.25) is 0 Å². The Morgan fingerprint density at radius 3 is 1.80 bits per heavy atom. The third kappa shape index (κ3) is 4.64. The van der Waals surface area contributed by atoms with Gasteiger partial charge in [-0.3, -0.25) is 4.98 Å². The molecule has 44 heavy (non-hydrogen) atoms. The monoisotopic (exact) mass is 610 g/mol. The Balaban J connectivity index is 1.36. The molecular formula is C38H31N2O2PS. The molecule has 1 aliphatic rings. The maximum Gasteiger partial charge on any atom is 0.188 e. The maximum absolute atomic E-state index is 14.9. The molecule has 1 atom stereocenters. The number of hydrogen-bond donors (Lipinski definition) is 0. The molecule has 0 N–H and O–H groups in total. The molecule has 0 saturated carbocycles. The van der Waals surface area contributed by atoms with Crippen molar-refractivity contribution >= 4 is 51.0 Å². The van der Waals surface area contributed by atoms with Gasteiger partial charge in [-0.15, -0.1) is 0 Å². The number of para-hydroxylation sites is 1. The zero-order valence-corrected chi connectivity index (χ0v) is 26.2. The summed E-state index contributed by atoms with van der Waals surface area (Å²) in [6, 6.07) is 47.2. The number of anilines is 3. The molecule has 216 valence electrons. The number of aromatic nitrogens is 1. The van der Waals surface area contributed by atoms with Crippen LogP contribution in [0.4, 0.5) is 17.1 Å². The predicted molar refractivity (Wildman–Crippen MR) is 182 cm³/mol. The summed E-state index contributed by atoms with van der Waals surface area (Å²) in [4.78, 5) is 8.64. The van der Waals surface area contributed by atoms with Crippen LogP contribution < -0.4 is 20.9 Å². The Labute approximate surface area is 260 Å². The molecule has 0 saturated heterocycles. The second-order valence-electron chi connectivity index (χ2n) is 11.4. The van der Waals surface area contributed by atoms with Gasteiger partial charge in [0.25, 0.3) is 0 Å². The maximum atomic E-state index is 14.9. The fraction of sp³-hybridized carbons (Fsp3) is 0.0789. The summed E-state index contributed by atoms with van der Waals surface area (Å²) >= 11 is 0. The molecule has 6 heteroatoms. The molecule has 0 bridgehead atoms. The highest BCUT2D eigenvalue weighted by molar-refractivity contribution is 7.85. The fourth-order valence-corrected chi connectivity index (χ4v) is 9.75. The van der Waals surface area contributed by atoms with Gasteiger partial charge in [-0.1, -0.05) is 111 Å². The lowest BCUT2D eigenvalue weighted by Gasteiger charge is -2.42. The predicted octanol–water partition coefficient (Wildman–Crippen LogP) is 8.00. The molecule has 2 heterocycles. The molecule has 1 aliphatic heterocycles. The smallest absolute Gasteiger partial charge is 0.188 e. The van der Waals surface area contributed by atoms with E-state index >= 15 is 0 Å². The highest BCUT2D eigenvalue weighted by Gasteiger charge is 2.38. The van der Waals surface area contributed by atoms with Crippen molar-refractivity contribution in [1.82, 2.24) is 4.98 Å². The first kappa shape index (κ1) is 28.2. The molecule has 0 radical (unpaired) electrons. The van der Waals surface area contributed by atoms with Gasteiger partial charge in [0.1, 0.15) is 5.44 Å². The molecule has 1 aromatic heterocycles.